The van der Waals surface area contributed by atoms with Crippen LogP contribution in [0.2, 0.25) is 0 Å². The number of anilines is 1. The Bertz CT molecular complexity index is 627. The molecule has 3 rings (SSSR count). The third-order valence-electron chi connectivity index (χ3n) is 4.02. The lowest BCUT2D eigenvalue weighted by molar-refractivity contribution is 0.0690. The van der Waals surface area contributed by atoms with Crippen molar-refractivity contribution in [1.82, 2.24) is 14.3 Å². The minimum absolute atomic E-state index is 0.266. The van der Waals surface area contributed by atoms with Crippen LogP contribution in [0.3, 0.4) is 0 Å². The molecule has 0 radical (unpaired) electrons. The molecule has 0 atom stereocenters. The average molecular weight is 294 g/mol. The molecule has 108 valence electrons. The molecule has 0 unspecified atom stereocenters. The first-order chi connectivity index (χ1) is 9.58. The molecule has 0 spiro atoms. The Morgan fingerprint density at radius 1 is 1.50 bits per heavy atom. The smallest absolute Gasteiger partial charge is 0.356 e. The molecule has 0 bridgehead atoms. The van der Waals surface area contributed by atoms with Gasteiger partial charge < -0.3 is 14.9 Å². The van der Waals surface area contributed by atoms with Gasteiger partial charge in [-0.1, -0.05) is 0 Å². The standard InChI is InChI=1S/C13H18N4O2S/c1-15-5-3-9(4-6-15)16(2)11-10(12(18)19)17-7-8-20-13(17)14-11/h7-9H,3-6H2,1-2H3,(H,18,19). The number of hydrogen-bond donors (Lipinski definition) is 1. The molecule has 0 aliphatic carbocycles. The SMILES string of the molecule is CN1CCC(N(C)c2nc3sccn3c2C(=O)O)CC1. The van der Waals surface area contributed by atoms with E-state index in [-0.39, 0.29) is 5.69 Å². The molecule has 1 saturated heterocycles. The maximum atomic E-state index is 11.5. The minimum atomic E-state index is -0.925. The highest BCUT2D eigenvalue weighted by molar-refractivity contribution is 7.15. The molecule has 6 nitrogen and oxygen atoms in total. The van der Waals surface area contributed by atoms with Crippen LogP contribution in [0.4, 0.5) is 5.82 Å². The van der Waals surface area contributed by atoms with Crippen LogP contribution in [0.5, 0.6) is 0 Å². The third-order valence-corrected chi connectivity index (χ3v) is 4.77. The summed E-state index contributed by atoms with van der Waals surface area (Å²) < 4.78 is 1.66. The topological polar surface area (TPSA) is 61.1 Å². The Balaban J connectivity index is 1.94. The second-order valence-electron chi connectivity index (χ2n) is 5.29. The number of thiazole rings is 1. The average Bonchev–Trinajstić information content (AvgIpc) is 2.97. The Labute approximate surface area is 121 Å². The zero-order chi connectivity index (χ0) is 14.3. The number of piperidine rings is 1. The number of fused-ring (bicyclic) bond motifs is 1. The molecule has 1 aliphatic heterocycles. The van der Waals surface area contributed by atoms with Gasteiger partial charge in [0.15, 0.2) is 16.5 Å². The molecule has 0 aromatic carbocycles. The van der Waals surface area contributed by atoms with Crippen molar-refractivity contribution in [3.63, 3.8) is 0 Å². The molecular formula is C13H18N4O2S. The summed E-state index contributed by atoms with van der Waals surface area (Å²) in [6.07, 6.45) is 3.84. The number of carboxylic acid groups (broad SMARTS) is 1. The lowest BCUT2D eigenvalue weighted by Crippen LogP contribution is -2.42. The second kappa shape index (κ2) is 5.06. The van der Waals surface area contributed by atoms with Gasteiger partial charge in [0.1, 0.15) is 0 Å². The van der Waals surface area contributed by atoms with Crippen molar-refractivity contribution in [1.29, 1.82) is 0 Å². The number of aromatic carboxylic acids is 1. The highest BCUT2D eigenvalue weighted by atomic mass is 32.1. The van der Waals surface area contributed by atoms with Crippen LogP contribution in [0, 0.1) is 0 Å². The largest absolute Gasteiger partial charge is 0.476 e. The maximum absolute atomic E-state index is 11.5. The van der Waals surface area contributed by atoms with E-state index in [0.29, 0.717) is 11.9 Å². The summed E-state index contributed by atoms with van der Waals surface area (Å²) in [5.41, 5.74) is 0.266. The van der Waals surface area contributed by atoms with Gasteiger partial charge in [0.05, 0.1) is 0 Å². The van der Waals surface area contributed by atoms with Crippen LogP contribution in [0.15, 0.2) is 11.6 Å². The van der Waals surface area contributed by atoms with Crippen LogP contribution >= 0.6 is 11.3 Å². The van der Waals surface area contributed by atoms with Crippen molar-refractivity contribution in [3.05, 3.63) is 17.3 Å². The summed E-state index contributed by atoms with van der Waals surface area (Å²) in [6, 6.07) is 0.355. The molecular weight excluding hydrogens is 276 g/mol. The molecule has 20 heavy (non-hydrogen) atoms. The highest BCUT2D eigenvalue weighted by Gasteiger charge is 2.28. The number of hydrogen-bond acceptors (Lipinski definition) is 5. The van der Waals surface area contributed by atoms with Gasteiger partial charge in [-0.3, -0.25) is 4.40 Å². The van der Waals surface area contributed by atoms with E-state index in [0.717, 1.165) is 30.9 Å². The van der Waals surface area contributed by atoms with Gasteiger partial charge in [-0.15, -0.1) is 11.3 Å². The highest BCUT2D eigenvalue weighted by Crippen LogP contribution is 2.27. The minimum Gasteiger partial charge on any atom is -0.476 e. The molecule has 3 heterocycles. The predicted molar refractivity (Wildman–Crippen MR) is 79.0 cm³/mol. The van der Waals surface area contributed by atoms with Gasteiger partial charge in [-0.25, -0.2) is 9.78 Å². The van der Waals surface area contributed by atoms with Crippen LogP contribution < -0.4 is 4.90 Å². The molecule has 7 heteroatoms. The number of rotatable bonds is 3. The number of nitrogens with zero attached hydrogens (tertiary/aromatic N) is 4. The van der Waals surface area contributed by atoms with E-state index in [1.807, 2.05) is 17.3 Å². The fourth-order valence-electron chi connectivity index (χ4n) is 2.77. The summed E-state index contributed by atoms with van der Waals surface area (Å²) in [7, 11) is 4.07. The predicted octanol–water partition coefficient (Wildman–Crippen LogP) is 1.62. The number of likely N-dealkylation sites (tertiary alicyclic amines) is 1. The summed E-state index contributed by atoms with van der Waals surface area (Å²) in [6.45, 7) is 2.08. The van der Waals surface area contributed by atoms with Gasteiger partial charge >= 0.3 is 5.97 Å². The van der Waals surface area contributed by atoms with Gasteiger partial charge in [-0.05, 0) is 33.0 Å². The van der Waals surface area contributed by atoms with Crippen molar-refractivity contribution < 1.29 is 9.90 Å². The monoisotopic (exact) mass is 294 g/mol. The molecule has 0 amide bonds. The molecule has 1 fully saturated rings. The van der Waals surface area contributed by atoms with E-state index in [2.05, 4.69) is 16.9 Å². The lowest BCUT2D eigenvalue weighted by atomic mass is 10.0. The molecule has 1 N–H and O–H groups in total. The fourth-order valence-corrected chi connectivity index (χ4v) is 3.48. The third kappa shape index (κ3) is 2.16. The summed E-state index contributed by atoms with van der Waals surface area (Å²) in [4.78, 5) is 21.1. The number of carbonyl (C=O) groups is 1. The lowest BCUT2D eigenvalue weighted by Gasteiger charge is -2.35. The van der Waals surface area contributed by atoms with Gasteiger partial charge in [0.25, 0.3) is 0 Å². The van der Waals surface area contributed by atoms with Crippen molar-refractivity contribution >= 4 is 28.1 Å². The fraction of sp³-hybridized carbons (Fsp3) is 0.538. The van der Waals surface area contributed by atoms with Crippen LogP contribution in [-0.4, -0.2) is 58.6 Å². The van der Waals surface area contributed by atoms with E-state index in [1.165, 1.54) is 11.3 Å². The van der Waals surface area contributed by atoms with Crippen molar-refractivity contribution in [2.75, 3.05) is 32.1 Å². The Morgan fingerprint density at radius 3 is 2.85 bits per heavy atom. The molecule has 2 aromatic heterocycles. The first kappa shape index (κ1) is 13.4. The van der Waals surface area contributed by atoms with E-state index >= 15 is 0 Å². The normalized spacial score (nSPS) is 17.7. The van der Waals surface area contributed by atoms with E-state index < -0.39 is 5.97 Å². The summed E-state index contributed by atoms with van der Waals surface area (Å²) >= 11 is 1.46. The second-order valence-corrected chi connectivity index (χ2v) is 6.16. The number of carboxylic acids is 1. The Kier molecular flexibility index (Phi) is 3.39. The zero-order valence-electron chi connectivity index (χ0n) is 11.6. The number of imidazole rings is 1. The Hall–Kier alpha value is -1.60. The van der Waals surface area contributed by atoms with E-state index in [1.54, 1.807) is 10.6 Å². The van der Waals surface area contributed by atoms with Gasteiger partial charge in [-0.2, -0.15) is 0 Å². The zero-order valence-corrected chi connectivity index (χ0v) is 12.4. The van der Waals surface area contributed by atoms with Gasteiger partial charge in [0, 0.05) is 24.7 Å². The molecule has 2 aromatic rings. The first-order valence-electron chi connectivity index (χ1n) is 6.68. The van der Waals surface area contributed by atoms with Crippen molar-refractivity contribution in [3.8, 4) is 0 Å². The number of aromatic nitrogens is 2. The van der Waals surface area contributed by atoms with Crippen LogP contribution in [0.1, 0.15) is 23.3 Å². The summed E-state index contributed by atoms with van der Waals surface area (Å²) in [5, 5.41) is 11.3. The van der Waals surface area contributed by atoms with Crippen molar-refractivity contribution in [2.45, 2.75) is 18.9 Å². The van der Waals surface area contributed by atoms with E-state index in [9.17, 15) is 9.90 Å². The summed E-state index contributed by atoms with van der Waals surface area (Å²) in [5.74, 6) is -0.343. The van der Waals surface area contributed by atoms with Crippen LogP contribution in [0.25, 0.3) is 4.96 Å². The maximum Gasteiger partial charge on any atom is 0.356 e. The molecule has 1 aliphatic rings. The van der Waals surface area contributed by atoms with Crippen molar-refractivity contribution in [2.24, 2.45) is 0 Å². The van der Waals surface area contributed by atoms with Crippen LogP contribution in [-0.2, 0) is 0 Å². The van der Waals surface area contributed by atoms with Gasteiger partial charge in [0.2, 0.25) is 0 Å². The van der Waals surface area contributed by atoms with E-state index in [4.69, 9.17) is 0 Å². The Morgan fingerprint density at radius 2 is 2.20 bits per heavy atom. The first-order valence-corrected chi connectivity index (χ1v) is 7.56. The molecule has 0 saturated carbocycles. The quantitative estimate of drug-likeness (QED) is 0.932.